The van der Waals surface area contributed by atoms with E-state index in [0.717, 1.165) is 18.0 Å². The van der Waals surface area contributed by atoms with Gasteiger partial charge in [-0.15, -0.1) is 0 Å². The molecule has 3 N–H and O–H groups in total. The first-order valence-corrected chi connectivity index (χ1v) is 12.9. The smallest absolute Gasteiger partial charge is 0.261 e. The number of nitrogens with one attached hydrogen (secondary N) is 3. The fourth-order valence-electron chi connectivity index (χ4n) is 4.58. The molecular formula is C25H31N3O3S. The summed E-state index contributed by atoms with van der Waals surface area (Å²) >= 11 is 0. The van der Waals surface area contributed by atoms with E-state index in [4.69, 9.17) is 0 Å². The van der Waals surface area contributed by atoms with Crippen LogP contribution in [0.5, 0.6) is 0 Å². The van der Waals surface area contributed by atoms with Crippen LogP contribution in [-0.2, 0) is 16.6 Å². The van der Waals surface area contributed by atoms with E-state index in [1.165, 1.54) is 44.2 Å². The summed E-state index contributed by atoms with van der Waals surface area (Å²) in [6, 6.07) is 15.2. The van der Waals surface area contributed by atoms with Crippen LogP contribution >= 0.6 is 0 Å². The van der Waals surface area contributed by atoms with Crippen molar-refractivity contribution in [2.75, 3.05) is 11.3 Å². The monoisotopic (exact) mass is 453 g/mol. The highest BCUT2D eigenvalue weighted by Gasteiger charge is 2.20. The molecule has 1 aliphatic carbocycles. The number of fused-ring (bicyclic) bond motifs is 1. The summed E-state index contributed by atoms with van der Waals surface area (Å²) in [5, 5.41) is 4.19. The molecule has 0 bridgehead atoms. The number of para-hydroxylation sites is 1. The van der Waals surface area contributed by atoms with E-state index in [1.54, 1.807) is 24.3 Å². The van der Waals surface area contributed by atoms with E-state index in [1.807, 2.05) is 18.2 Å². The topological polar surface area (TPSA) is 91.1 Å². The van der Waals surface area contributed by atoms with Crippen LogP contribution in [0.2, 0.25) is 0 Å². The fourth-order valence-corrected chi connectivity index (χ4v) is 5.72. The minimum atomic E-state index is -3.77. The molecule has 0 radical (unpaired) electrons. The average molecular weight is 454 g/mol. The molecule has 32 heavy (non-hydrogen) atoms. The lowest BCUT2D eigenvalue weighted by atomic mass is 9.81. The van der Waals surface area contributed by atoms with Crippen LogP contribution in [-0.4, -0.2) is 19.9 Å². The van der Waals surface area contributed by atoms with Gasteiger partial charge in [0.2, 0.25) is 5.56 Å². The molecular weight excluding hydrogens is 422 g/mol. The first-order valence-electron chi connectivity index (χ1n) is 11.4. The third kappa shape index (κ3) is 5.40. The van der Waals surface area contributed by atoms with Gasteiger partial charge < -0.3 is 10.3 Å². The van der Waals surface area contributed by atoms with Gasteiger partial charge in [-0.1, -0.05) is 57.2 Å². The predicted molar refractivity (Wildman–Crippen MR) is 129 cm³/mol. The highest BCUT2D eigenvalue weighted by atomic mass is 32.2. The van der Waals surface area contributed by atoms with Crippen LogP contribution < -0.4 is 15.6 Å². The van der Waals surface area contributed by atoms with Gasteiger partial charge >= 0.3 is 0 Å². The number of hydrogen-bond acceptors (Lipinski definition) is 4. The SMILES string of the molecule is CC(CNCc1ccccc1NS(=O)(=O)c1ccc2[nH]c(=O)ccc2c1)C1CCCCC1. The fraction of sp³-hybridized carbons (Fsp3) is 0.400. The van der Waals surface area contributed by atoms with E-state index in [0.29, 0.717) is 29.1 Å². The van der Waals surface area contributed by atoms with E-state index in [2.05, 4.69) is 21.9 Å². The number of H-pyrrole nitrogens is 1. The van der Waals surface area contributed by atoms with E-state index >= 15 is 0 Å². The number of aromatic amines is 1. The van der Waals surface area contributed by atoms with Crippen LogP contribution in [0.25, 0.3) is 10.9 Å². The minimum Gasteiger partial charge on any atom is -0.322 e. The molecule has 2 aromatic carbocycles. The van der Waals surface area contributed by atoms with Crippen LogP contribution in [0.1, 0.15) is 44.6 Å². The van der Waals surface area contributed by atoms with Gasteiger partial charge in [-0.2, -0.15) is 0 Å². The maximum atomic E-state index is 13.0. The highest BCUT2D eigenvalue weighted by molar-refractivity contribution is 7.92. The third-order valence-corrected chi connectivity index (χ3v) is 7.87. The molecule has 6 nitrogen and oxygen atoms in total. The van der Waals surface area contributed by atoms with Crippen molar-refractivity contribution in [2.24, 2.45) is 11.8 Å². The number of rotatable bonds is 8. The molecule has 1 aromatic heterocycles. The molecule has 1 saturated carbocycles. The van der Waals surface area contributed by atoms with Gasteiger partial charge in [0, 0.05) is 18.1 Å². The van der Waals surface area contributed by atoms with Crippen LogP contribution in [0, 0.1) is 11.8 Å². The molecule has 0 spiro atoms. The lowest BCUT2D eigenvalue weighted by Crippen LogP contribution is -2.27. The van der Waals surface area contributed by atoms with Gasteiger partial charge in [-0.25, -0.2) is 8.42 Å². The average Bonchev–Trinajstić information content (AvgIpc) is 2.80. The Morgan fingerprint density at radius 1 is 1.03 bits per heavy atom. The zero-order valence-corrected chi connectivity index (χ0v) is 19.3. The van der Waals surface area contributed by atoms with E-state index in [9.17, 15) is 13.2 Å². The molecule has 0 saturated heterocycles. The van der Waals surface area contributed by atoms with Gasteiger partial charge in [0.25, 0.3) is 10.0 Å². The van der Waals surface area contributed by atoms with Crippen LogP contribution in [0.15, 0.2) is 64.3 Å². The second-order valence-electron chi connectivity index (χ2n) is 8.84. The summed E-state index contributed by atoms with van der Waals surface area (Å²) in [6.45, 7) is 3.84. The van der Waals surface area contributed by atoms with Gasteiger partial charge in [0.15, 0.2) is 0 Å². The molecule has 1 heterocycles. The van der Waals surface area contributed by atoms with Crippen molar-refractivity contribution in [3.05, 3.63) is 70.5 Å². The van der Waals surface area contributed by atoms with Crippen molar-refractivity contribution < 1.29 is 8.42 Å². The zero-order chi connectivity index (χ0) is 22.6. The summed E-state index contributed by atoms with van der Waals surface area (Å²) in [5.41, 5.74) is 1.88. The Labute approximate surface area is 189 Å². The third-order valence-electron chi connectivity index (χ3n) is 6.50. The van der Waals surface area contributed by atoms with Crippen molar-refractivity contribution in [2.45, 2.75) is 50.5 Å². The molecule has 1 aliphatic rings. The molecule has 1 fully saturated rings. The van der Waals surface area contributed by atoms with Gasteiger partial charge in [0.05, 0.1) is 10.6 Å². The molecule has 3 aromatic rings. The zero-order valence-electron chi connectivity index (χ0n) is 18.4. The Bertz CT molecular complexity index is 1230. The second kappa shape index (κ2) is 9.88. The maximum Gasteiger partial charge on any atom is 0.261 e. The second-order valence-corrected chi connectivity index (χ2v) is 10.5. The largest absolute Gasteiger partial charge is 0.322 e. The number of benzene rings is 2. The lowest BCUT2D eigenvalue weighted by Gasteiger charge is -2.28. The molecule has 0 amide bonds. The summed E-state index contributed by atoms with van der Waals surface area (Å²) in [7, 11) is -3.77. The first-order chi connectivity index (χ1) is 15.4. The lowest BCUT2D eigenvalue weighted by molar-refractivity contribution is 0.256. The molecule has 170 valence electrons. The van der Waals surface area contributed by atoms with Crippen molar-refractivity contribution in [1.82, 2.24) is 10.3 Å². The van der Waals surface area contributed by atoms with Crippen molar-refractivity contribution >= 4 is 26.6 Å². The summed E-state index contributed by atoms with van der Waals surface area (Å²) < 4.78 is 28.8. The molecule has 1 atom stereocenters. The Morgan fingerprint density at radius 2 is 1.81 bits per heavy atom. The quantitative estimate of drug-likeness (QED) is 0.464. The normalized spacial score (nSPS) is 16.2. The maximum absolute atomic E-state index is 13.0. The number of anilines is 1. The summed E-state index contributed by atoms with van der Waals surface area (Å²) in [5.74, 6) is 1.40. The standard InChI is InChI=1S/C25H31N3O3S/c1-18(19-7-3-2-4-8-19)16-26-17-21-9-5-6-10-24(21)28-32(30,31)22-12-13-23-20(15-22)11-14-25(29)27-23/h5-6,9-15,18-19,26,28H,2-4,7-8,16-17H2,1H3,(H,27,29). The van der Waals surface area contributed by atoms with Crippen molar-refractivity contribution in [3.8, 4) is 0 Å². The Morgan fingerprint density at radius 3 is 2.62 bits per heavy atom. The van der Waals surface area contributed by atoms with E-state index < -0.39 is 10.0 Å². The molecule has 1 unspecified atom stereocenters. The number of aromatic nitrogens is 1. The van der Waals surface area contributed by atoms with E-state index in [-0.39, 0.29) is 10.5 Å². The highest BCUT2D eigenvalue weighted by Crippen LogP contribution is 2.29. The van der Waals surface area contributed by atoms with Crippen LogP contribution in [0.4, 0.5) is 5.69 Å². The summed E-state index contributed by atoms with van der Waals surface area (Å²) in [6.07, 6.45) is 6.67. The molecule has 0 aliphatic heterocycles. The first kappa shape index (κ1) is 22.6. The number of pyridine rings is 1. The van der Waals surface area contributed by atoms with Crippen molar-refractivity contribution in [1.29, 1.82) is 0 Å². The number of sulfonamides is 1. The van der Waals surface area contributed by atoms with Gasteiger partial charge in [-0.05, 0) is 59.7 Å². The molecule has 7 heteroatoms. The minimum absolute atomic E-state index is 0.158. The number of hydrogen-bond donors (Lipinski definition) is 3. The van der Waals surface area contributed by atoms with Gasteiger partial charge in [0.1, 0.15) is 0 Å². The van der Waals surface area contributed by atoms with Gasteiger partial charge in [-0.3, -0.25) is 9.52 Å². The Balaban J connectivity index is 1.45. The Hall–Kier alpha value is -2.64. The Kier molecular flexibility index (Phi) is 6.96. The predicted octanol–water partition coefficient (Wildman–Crippen LogP) is 4.63. The van der Waals surface area contributed by atoms with Crippen LogP contribution in [0.3, 0.4) is 0 Å². The molecule has 4 rings (SSSR count). The summed E-state index contributed by atoms with van der Waals surface area (Å²) in [4.78, 5) is 14.3. The van der Waals surface area contributed by atoms with Crippen molar-refractivity contribution in [3.63, 3.8) is 0 Å².